The maximum Gasteiger partial charge on any atom is 0.325 e. The summed E-state index contributed by atoms with van der Waals surface area (Å²) in [6.07, 6.45) is 1.57. The Balaban J connectivity index is 1.85. The van der Waals surface area contributed by atoms with Crippen molar-refractivity contribution in [2.45, 2.75) is 0 Å². The van der Waals surface area contributed by atoms with Crippen molar-refractivity contribution in [2.24, 2.45) is 12.8 Å². The van der Waals surface area contributed by atoms with Crippen molar-refractivity contribution in [3.8, 4) is 11.5 Å². The number of nitrogens with zero attached hydrogens (tertiary/aromatic N) is 2. The van der Waals surface area contributed by atoms with Gasteiger partial charge >= 0.3 is 6.03 Å². The lowest BCUT2D eigenvalue weighted by atomic mass is 10.2. The number of nitrogens with one attached hydrogen (secondary N) is 2. The zero-order chi connectivity index (χ0) is 24.6. The number of primary amides is 1. The molecule has 2 heterocycles. The number of carbonyl (C=O) groups excluding carboxylic acids is 2. The second-order valence-corrected chi connectivity index (χ2v) is 8.52. The van der Waals surface area contributed by atoms with Crippen LogP contribution in [0.1, 0.15) is 10.4 Å². The highest BCUT2D eigenvalue weighted by molar-refractivity contribution is 14.1. The lowest BCUT2D eigenvalue weighted by Crippen LogP contribution is -2.25. The van der Waals surface area contributed by atoms with E-state index in [1.165, 1.54) is 30.8 Å². The van der Waals surface area contributed by atoms with Gasteiger partial charge < -0.3 is 21.1 Å². The van der Waals surface area contributed by atoms with Crippen LogP contribution in [0.3, 0.4) is 0 Å². The molecule has 0 spiro atoms. The fraction of sp³-hybridized carbons (Fsp3) is 0.0870. The number of aromatic nitrogens is 2. The fourth-order valence-electron chi connectivity index (χ4n) is 3.50. The maximum absolute atomic E-state index is 14.5. The number of carbonyl (C=O) groups is 2. The highest BCUT2D eigenvalue weighted by atomic mass is 127. The van der Waals surface area contributed by atoms with Crippen LogP contribution in [-0.2, 0) is 7.05 Å². The van der Waals surface area contributed by atoms with Crippen LogP contribution in [-0.4, -0.2) is 28.1 Å². The third-order valence-electron chi connectivity index (χ3n) is 5.18. The molecule has 4 aromatic rings. The summed E-state index contributed by atoms with van der Waals surface area (Å²) in [6, 6.07) is 12.0. The molecule has 0 aliphatic carbocycles. The van der Waals surface area contributed by atoms with Gasteiger partial charge in [0.1, 0.15) is 28.7 Å². The molecule has 0 atom stereocenters. The molecule has 0 saturated heterocycles. The number of anilines is 2. The molecule has 9 nitrogen and oxygen atoms in total. The molecule has 174 valence electrons. The molecule has 34 heavy (non-hydrogen) atoms. The van der Waals surface area contributed by atoms with Gasteiger partial charge in [-0.15, -0.1) is 0 Å². The van der Waals surface area contributed by atoms with E-state index < -0.39 is 17.3 Å². The van der Waals surface area contributed by atoms with Crippen LogP contribution < -0.4 is 26.7 Å². The van der Waals surface area contributed by atoms with E-state index in [0.717, 1.165) is 10.6 Å². The van der Waals surface area contributed by atoms with E-state index in [9.17, 15) is 18.8 Å². The SMILES string of the molecule is CNC(=O)n1ccc2c(Oc3cc(=O)n(C)c(Nc4ccc(I)cc4F)c3C(N)=O)cccc21. The molecule has 0 saturated carbocycles. The van der Waals surface area contributed by atoms with Crippen LogP contribution in [0.2, 0.25) is 0 Å². The molecule has 0 unspecified atom stereocenters. The Morgan fingerprint density at radius 1 is 1.12 bits per heavy atom. The Kier molecular flexibility index (Phi) is 6.28. The normalized spacial score (nSPS) is 10.8. The number of nitrogens with two attached hydrogens (primary N) is 1. The molecular formula is C23H19FIN5O4. The molecule has 0 radical (unpaired) electrons. The van der Waals surface area contributed by atoms with Crippen molar-refractivity contribution in [1.82, 2.24) is 14.5 Å². The van der Waals surface area contributed by atoms with Gasteiger partial charge in [0.2, 0.25) is 0 Å². The summed E-state index contributed by atoms with van der Waals surface area (Å²) in [5, 5.41) is 5.91. The molecule has 4 rings (SSSR count). The first-order valence-electron chi connectivity index (χ1n) is 9.97. The molecule has 0 aliphatic heterocycles. The number of amides is 2. The fourth-order valence-corrected chi connectivity index (χ4v) is 3.96. The van der Waals surface area contributed by atoms with Gasteiger partial charge in [0.15, 0.2) is 0 Å². The third-order valence-corrected chi connectivity index (χ3v) is 5.85. The Morgan fingerprint density at radius 2 is 1.88 bits per heavy atom. The minimum atomic E-state index is -0.880. The second-order valence-electron chi connectivity index (χ2n) is 7.27. The van der Waals surface area contributed by atoms with Gasteiger partial charge in [0, 0.05) is 35.3 Å². The van der Waals surface area contributed by atoms with E-state index in [1.54, 1.807) is 36.5 Å². The van der Waals surface area contributed by atoms with Gasteiger partial charge in [-0.1, -0.05) is 6.07 Å². The van der Waals surface area contributed by atoms with Crippen LogP contribution in [0.15, 0.2) is 59.5 Å². The number of rotatable bonds is 5. The van der Waals surface area contributed by atoms with E-state index in [0.29, 0.717) is 20.2 Å². The zero-order valence-corrected chi connectivity index (χ0v) is 20.2. The molecule has 0 fully saturated rings. The Hall–Kier alpha value is -3.87. The average Bonchev–Trinajstić information content (AvgIpc) is 3.23. The number of halogens is 2. The zero-order valence-electron chi connectivity index (χ0n) is 18.1. The minimum Gasteiger partial charge on any atom is -0.455 e. The van der Waals surface area contributed by atoms with Gasteiger partial charge in [-0.25, -0.2) is 9.18 Å². The number of hydrogen-bond acceptors (Lipinski definition) is 5. The van der Waals surface area contributed by atoms with Crippen LogP contribution in [0.4, 0.5) is 20.7 Å². The number of ether oxygens (including phenoxy) is 1. The quantitative estimate of drug-likeness (QED) is 0.312. The summed E-state index contributed by atoms with van der Waals surface area (Å²) < 4.78 is 23.7. The smallest absolute Gasteiger partial charge is 0.325 e. The molecule has 11 heteroatoms. The van der Waals surface area contributed by atoms with Crippen molar-refractivity contribution in [2.75, 3.05) is 12.4 Å². The van der Waals surface area contributed by atoms with Crippen LogP contribution in [0.5, 0.6) is 11.5 Å². The van der Waals surface area contributed by atoms with E-state index >= 15 is 0 Å². The first-order chi connectivity index (χ1) is 16.2. The average molecular weight is 575 g/mol. The van der Waals surface area contributed by atoms with Crippen molar-refractivity contribution >= 4 is 56.9 Å². The largest absolute Gasteiger partial charge is 0.455 e. The van der Waals surface area contributed by atoms with E-state index in [2.05, 4.69) is 10.6 Å². The summed E-state index contributed by atoms with van der Waals surface area (Å²) in [5.74, 6) is -1.28. The van der Waals surface area contributed by atoms with Crippen molar-refractivity contribution in [3.63, 3.8) is 0 Å². The van der Waals surface area contributed by atoms with Crippen molar-refractivity contribution in [3.05, 3.63) is 80.0 Å². The van der Waals surface area contributed by atoms with Crippen LogP contribution in [0, 0.1) is 9.39 Å². The molecular weight excluding hydrogens is 556 g/mol. The topological polar surface area (TPSA) is 120 Å². The lowest BCUT2D eigenvalue weighted by molar-refractivity contribution is 0.0998. The first kappa shape index (κ1) is 23.3. The minimum absolute atomic E-state index is 0.0229. The van der Waals surface area contributed by atoms with Crippen LogP contribution >= 0.6 is 22.6 Å². The number of hydrogen-bond donors (Lipinski definition) is 3. The standard InChI is InChI=1S/C23H19FIN5O4/c1-27-23(33)30-9-8-13-16(30)4-3-5-17(13)34-18-11-19(31)29(2)22(20(18)21(26)32)28-15-7-6-12(25)10-14(15)24/h3-11,28H,1-2H3,(H2,26,32)(H,27,33). The van der Waals surface area contributed by atoms with E-state index in [4.69, 9.17) is 10.5 Å². The van der Waals surface area contributed by atoms with Crippen LogP contribution in [0.25, 0.3) is 10.9 Å². The predicted molar refractivity (Wildman–Crippen MR) is 134 cm³/mol. The molecule has 2 amide bonds. The highest BCUT2D eigenvalue weighted by Gasteiger charge is 2.22. The second kappa shape index (κ2) is 9.17. The van der Waals surface area contributed by atoms with Crippen molar-refractivity contribution < 1.29 is 18.7 Å². The van der Waals surface area contributed by atoms with Gasteiger partial charge in [-0.2, -0.15) is 0 Å². The molecule has 0 bridgehead atoms. The summed E-state index contributed by atoms with van der Waals surface area (Å²) >= 11 is 1.97. The monoisotopic (exact) mass is 575 g/mol. The lowest BCUT2D eigenvalue weighted by Gasteiger charge is -2.18. The third kappa shape index (κ3) is 4.21. The summed E-state index contributed by atoms with van der Waals surface area (Å²) in [6.45, 7) is 0. The Bertz CT molecular complexity index is 1510. The first-order valence-corrected chi connectivity index (χ1v) is 11.0. The number of fused-ring (bicyclic) bond motifs is 1. The molecule has 0 aliphatic rings. The highest BCUT2D eigenvalue weighted by Crippen LogP contribution is 2.35. The molecule has 2 aromatic carbocycles. The molecule has 4 N–H and O–H groups in total. The summed E-state index contributed by atoms with van der Waals surface area (Å²) in [4.78, 5) is 37.3. The Morgan fingerprint density at radius 3 is 2.56 bits per heavy atom. The Labute approximate surface area is 206 Å². The number of pyridine rings is 1. The summed E-state index contributed by atoms with van der Waals surface area (Å²) in [5.41, 5.74) is 5.62. The number of benzene rings is 2. The summed E-state index contributed by atoms with van der Waals surface area (Å²) in [7, 11) is 2.94. The van der Waals surface area contributed by atoms with Gasteiger partial charge in [-0.3, -0.25) is 18.7 Å². The predicted octanol–water partition coefficient (Wildman–Crippen LogP) is 3.91. The maximum atomic E-state index is 14.5. The van der Waals surface area contributed by atoms with Gasteiger partial charge in [-0.05, 0) is 59.0 Å². The van der Waals surface area contributed by atoms with E-state index in [-0.39, 0.29) is 28.8 Å². The molecule has 2 aromatic heterocycles. The van der Waals surface area contributed by atoms with Gasteiger partial charge in [0.05, 0.1) is 11.2 Å². The van der Waals surface area contributed by atoms with Crippen molar-refractivity contribution in [1.29, 1.82) is 0 Å². The van der Waals surface area contributed by atoms with E-state index in [1.807, 2.05) is 22.6 Å². The van der Waals surface area contributed by atoms with Gasteiger partial charge in [0.25, 0.3) is 11.5 Å².